The van der Waals surface area contributed by atoms with Gasteiger partial charge in [0.1, 0.15) is 25.1 Å². The van der Waals surface area contributed by atoms with Crippen molar-refractivity contribution in [2.24, 2.45) is 5.92 Å². The Morgan fingerprint density at radius 2 is 1.93 bits per heavy atom. The molecule has 0 bridgehead atoms. The fourth-order valence-corrected chi connectivity index (χ4v) is 4.05. The lowest BCUT2D eigenvalue weighted by Crippen LogP contribution is -2.45. The first-order valence-corrected chi connectivity index (χ1v) is 10.8. The van der Waals surface area contributed by atoms with Gasteiger partial charge in [-0.1, -0.05) is 13.8 Å². The van der Waals surface area contributed by atoms with E-state index in [-0.39, 0.29) is 24.4 Å². The van der Waals surface area contributed by atoms with Crippen LogP contribution in [0.25, 0.3) is 0 Å². The lowest BCUT2D eigenvalue weighted by Gasteiger charge is -2.36. The van der Waals surface area contributed by atoms with Crippen molar-refractivity contribution >= 4 is 5.91 Å². The molecule has 2 fully saturated rings. The molecular formula is C22H33FN2O4. The zero-order valence-electron chi connectivity index (χ0n) is 17.6. The third-order valence-corrected chi connectivity index (χ3v) is 5.68. The van der Waals surface area contributed by atoms with Gasteiger partial charge in [-0.15, -0.1) is 0 Å². The fourth-order valence-electron chi connectivity index (χ4n) is 4.05. The minimum absolute atomic E-state index is 0.0678. The van der Waals surface area contributed by atoms with Crippen LogP contribution < -0.4 is 9.47 Å². The third kappa shape index (κ3) is 6.06. The summed E-state index contributed by atoms with van der Waals surface area (Å²) in [5, 5.41) is 0. The number of carbonyl (C=O) groups is 1. The van der Waals surface area contributed by atoms with E-state index >= 15 is 0 Å². The number of rotatable bonds is 5. The average Bonchev–Trinajstić information content (AvgIpc) is 2.75. The molecule has 1 atom stereocenters. The summed E-state index contributed by atoms with van der Waals surface area (Å²) in [5.41, 5.74) is 0. The first-order valence-electron chi connectivity index (χ1n) is 10.8. The molecule has 0 saturated carbocycles. The van der Waals surface area contributed by atoms with Gasteiger partial charge in [-0.25, -0.2) is 4.39 Å². The number of piperidine rings is 1. The van der Waals surface area contributed by atoms with Crippen molar-refractivity contribution in [2.75, 3.05) is 52.5 Å². The maximum absolute atomic E-state index is 13.4. The number of fused-ring (bicyclic) bond motifs is 1. The topological polar surface area (TPSA) is 51.2 Å². The highest BCUT2D eigenvalue weighted by Gasteiger charge is 2.27. The van der Waals surface area contributed by atoms with Crippen molar-refractivity contribution in [1.82, 2.24) is 9.80 Å². The molecule has 162 valence electrons. The van der Waals surface area contributed by atoms with Crippen LogP contribution in [0.5, 0.6) is 11.5 Å². The minimum Gasteiger partial charge on any atom is -0.486 e. The van der Waals surface area contributed by atoms with Crippen LogP contribution in [0.4, 0.5) is 4.39 Å². The van der Waals surface area contributed by atoms with Crippen molar-refractivity contribution in [3.63, 3.8) is 0 Å². The minimum atomic E-state index is -0.308. The molecule has 0 radical (unpaired) electrons. The molecular weight excluding hydrogens is 375 g/mol. The smallest absolute Gasteiger partial charge is 0.248 e. The number of amides is 1. The van der Waals surface area contributed by atoms with Crippen LogP contribution in [0.2, 0.25) is 0 Å². The van der Waals surface area contributed by atoms with Crippen LogP contribution in [-0.2, 0) is 9.53 Å². The van der Waals surface area contributed by atoms with Gasteiger partial charge in [-0.3, -0.25) is 9.69 Å². The van der Waals surface area contributed by atoms with Gasteiger partial charge in [-0.2, -0.15) is 0 Å². The molecule has 0 aliphatic carbocycles. The predicted octanol–water partition coefficient (Wildman–Crippen LogP) is 2.95. The summed E-state index contributed by atoms with van der Waals surface area (Å²) >= 11 is 0. The van der Waals surface area contributed by atoms with E-state index < -0.39 is 0 Å². The number of nitrogens with zero attached hydrogens (tertiary/aromatic N) is 2. The summed E-state index contributed by atoms with van der Waals surface area (Å²) in [5.74, 6) is 1.58. The number of morpholine rings is 1. The maximum Gasteiger partial charge on any atom is 0.248 e. The van der Waals surface area contributed by atoms with Gasteiger partial charge >= 0.3 is 0 Å². The second kappa shape index (κ2) is 10.8. The Balaban J connectivity index is 0.00000117. The molecule has 1 aromatic carbocycles. The van der Waals surface area contributed by atoms with Gasteiger partial charge < -0.3 is 19.1 Å². The monoisotopic (exact) mass is 408 g/mol. The van der Waals surface area contributed by atoms with Crippen molar-refractivity contribution in [3.05, 3.63) is 24.0 Å². The third-order valence-electron chi connectivity index (χ3n) is 5.68. The number of carbonyl (C=O) groups excluding carboxylic acids is 1. The van der Waals surface area contributed by atoms with Gasteiger partial charge in [0.05, 0.1) is 6.61 Å². The highest BCUT2D eigenvalue weighted by Crippen LogP contribution is 2.32. The van der Waals surface area contributed by atoms with Gasteiger partial charge in [0, 0.05) is 25.7 Å². The molecule has 2 saturated heterocycles. The summed E-state index contributed by atoms with van der Waals surface area (Å²) in [7, 11) is 0. The zero-order valence-corrected chi connectivity index (χ0v) is 17.6. The highest BCUT2D eigenvalue weighted by atomic mass is 19.1. The normalized spacial score (nSPS) is 22.8. The van der Waals surface area contributed by atoms with Crippen LogP contribution in [0, 0.1) is 11.7 Å². The van der Waals surface area contributed by atoms with Crippen molar-refractivity contribution in [2.45, 2.75) is 39.2 Å². The molecule has 0 N–H and O–H groups in total. The molecule has 0 unspecified atom stereocenters. The molecule has 3 aliphatic heterocycles. The Labute approximate surface area is 172 Å². The van der Waals surface area contributed by atoms with Crippen molar-refractivity contribution < 1.29 is 23.4 Å². The van der Waals surface area contributed by atoms with Gasteiger partial charge in [0.2, 0.25) is 5.91 Å². The zero-order chi connectivity index (χ0) is 20.6. The largest absolute Gasteiger partial charge is 0.486 e. The number of halogens is 1. The Morgan fingerprint density at radius 1 is 1.14 bits per heavy atom. The molecule has 29 heavy (non-hydrogen) atoms. The number of benzene rings is 1. The lowest BCUT2D eigenvalue weighted by molar-refractivity contribution is -0.142. The quantitative estimate of drug-likeness (QED) is 0.750. The molecule has 3 aliphatic rings. The number of hydrogen-bond acceptors (Lipinski definition) is 5. The van der Waals surface area contributed by atoms with Crippen LogP contribution in [0.15, 0.2) is 18.2 Å². The van der Waals surface area contributed by atoms with E-state index in [1.807, 2.05) is 18.7 Å². The molecule has 1 aromatic rings. The molecule has 1 amide bonds. The van der Waals surface area contributed by atoms with E-state index in [0.29, 0.717) is 30.6 Å². The second-order valence-electron chi connectivity index (χ2n) is 7.61. The van der Waals surface area contributed by atoms with Crippen LogP contribution in [-0.4, -0.2) is 74.4 Å². The van der Waals surface area contributed by atoms with Crippen molar-refractivity contribution in [3.8, 4) is 11.5 Å². The summed E-state index contributed by atoms with van der Waals surface area (Å²) in [4.78, 5) is 16.1. The number of ether oxygens (including phenoxy) is 3. The van der Waals surface area contributed by atoms with E-state index in [4.69, 9.17) is 14.2 Å². The number of likely N-dealkylation sites (tertiary alicyclic amines) is 1. The Bertz CT molecular complexity index is 664. The van der Waals surface area contributed by atoms with E-state index in [2.05, 4.69) is 4.90 Å². The summed E-state index contributed by atoms with van der Waals surface area (Å²) in [6.45, 7) is 9.79. The van der Waals surface area contributed by atoms with Gasteiger partial charge in [0.25, 0.3) is 0 Å². The standard InChI is InChI=1S/C20H27FN2O4.C2H6/c21-16-1-2-18-19(11-16)27-17(13-26-18)12-22-6-3-15(4-7-22)5-8-23-9-10-25-14-20(23)24;1-2/h1-2,11,15,17H,3-10,12-14H2;1-2H3/t17-;/m0./s1. The summed E-state index contributed by atoms with van der Waals surface area (Å²) in [6.07, 6.45) is 3.27. The van der Waals surface area contributed by atoms with Gasteiger partial charge in [0.15, 0.2) is 11.5 Å². The van der Waals surface area contributed by atoms with E-state index in [9.17, 15) is 9.18 Å². The highest BCUT2D eigenvalue weighted by molar-refractivity contribution is 5.77. The van der Waals surface area contributed by atoms with Crippen molar-refractivity contribution in [1.29, 1.82) is 0 Å². The maximum atomic E-state index is 13.4. The first kappa shape index (κ1) is 21.8. The predicted molar refractivity (Wildman–Crippen MR) is 109 cm³/mol. The first-order chi connectivity index (χ1) is 14.2. The SMILES string of the molecule is CC.O=C1COCCN1CCC1CCN(C[C@H]2COc3ccc(F)cc3O2)CC1. The molecule has 3 heterocycles. The Hall–Kier alpha value is -1.86. The van der Waals surface area contributed by atoms with Crippen LogP contribution in [0.3, 0.4) is 0 Å². The average molecular weight is 409 g/mol. The lowest BCUT2D eigenvalue weighted by atomic mass is 9.93. The van der Waals surface area contributed by atoms with Crippen LogP contribution in [0.1, 0.15) is 33.1 Å². The molecule has 7 heteroatoms. The molecule has 4 rings (SSSR count). The molecule has 0 spiro atoms. The molecule has 6 nitrogen and oxygen atoms in total. The van der Waals surface area contributed by atoms with E-state index in [1.54, 1.807) is 6.07 Å². The van der Waals surface area contributed by atoms with E-state index in [0.717, 1.165) is 52.0 Å². The fraction of sp³-hybridized carbons (Fsp3) is 0.682. The Kier molecular flexibility index (Phi) is 8.12. The van der Waals surface area contributed by atoms with Gasteiger partial charge in [-0.05, 0) is 50.4 Å². The molecule has 0 aromatic heterocycles. The van der Waals surface area contributed by atoms with Crippen LogP contribution >= 0.6 is 0 Å². The Morgan fingerprint density at radius 3 is 2.69 bits per heavy atom. The second-order valence-corrected chi connectivity index (χ2v) is 7.61. The summed E-state index contributed by atoms with van der Waals surface area (Å²) in [6, 6.07) is 4.39. The number of hydrogen-bond donors (Lipinski definition) is 0. The summed E-state index contributed by atoms with van der Waals surface area (Å²) < 4.78 is 30.2. The van der Waals surface area contributed by atoms with E-state index in [1.165, 1.54) is 12.1 Å².